The van der Waals surface area contributed by atoms with Crippen molar-refractivity contribution in [2.45, 2.75) is 37.4 Å². The topological polar surface area (TPSA) is 131 Å². The van der Waals surface area contributed by atoms with E-state index in [1.54, 1.807) is 48.5 Å². The van der Waals surface area contributed by atoms with Crippen molar-refractivity contribution in [2.75, 3.05) is 7.11 Å². The second kappa shape index (κ2) is 12.6. The van der Waals surface area contributed by atoms with Crippen molar-refractivity contribution in [3.05, 3.63) is 107 Å². The third-order valence-electron chi connectivity index (χ3n) is 6.45. The van der Waals surface area contributed by atoms with Gasteiger partial charge in [-0.2, -0.15) is 0 Å². The van der Waals surface area contributed by atoms with Crippen LogP contribution >= 0.6 is 0 Å². The zero-order valence-corrected chi connectivity index (χ0v) is 21.4. The molecule has 3 amide bonds. The molecule has 0 aromatic heterocycles. The molecule has 39 heavy (non-hydrogen) atoms. The Morgan fingerprint density at radius 3 is 1.97 bits per heavy atom. The molecule has 3 N–H and O–H groups in total. The summed E-state index contributed by atoms with van der Waals surface area (Å²) in [5, 5.41) is 7.88. The Morgan fingerprint density at radius 1 is 0.769 bits per heavy atom. The Kier molecular flexibility index (Phi) is 8.83. The average molecular weight is 528 g/mol. The van der Waals surface area contributed by atoms with E-state index in [0.717, 1.165) is 5.56 Å². The first-order valence-electron chi connectivity index (χ1n) is 12.5. The number of methoxy groups -OCH3 is 1. The van der Waals surface area contributed by atoms with Crippen molar-refractivity contribution in [3.8, 4) is 0 Å². The van der Waals surface area contributed by atoms with E-state index in [0.29, 0.717) is 23.1 Å². The first-order valence-corrected chi connectivity index (χ1v) is 12.5. The highest BCUT2D eigenvalue weighted by molar-refractivity contribution is 6.09. The van der Waals surface area contributed by atoms with E-state index < -0.39 is 35.9 Å². The minimum Gasteiger partial charge on any atom is -0.467 e. The van der Waals surface area contributed by atoms with Gasteiger partial charge >= 0.3 is 5.97 Å². The summed E-state index contributed by atoms with van der Waals surface area (Å²) in [6.07, 6.45) is 0.103. The van der Waals surface area contributed by atoms with Crippen LogP contribution in [0.25, 0.3) is 0 Å². The third-order valence-corrected chi connectivity index (χ3v) is 6.45. The Balaban J connectivity index is 1.34. The molecule has 0 unspecified atom stereocenters. The summed E-state index contributed by atoms with van der Waals surface area (Å²) in [4.78, 5) is 63.0. The number of amides is 3. The number of nitrogens with one attached hydrogen (secondary N) is 3. The zero-order valence-electron chi connectivity index (χ0n) is 21.4. The van der Waals surface area contributed by atoms with E-state index in [1.165, 1.54) is 7.11 Å². The average Bonchev–Trinajstić information content (AvgIpc) is 2.96. The van der Waals surface area contributed by atoms with Gasteiger partial charge < -0.3 is 20.7 Å². The van der Waals surface area contributed by atoms with E-state index in [-0.39, 0.29) is 24.5 Å². The van der Waals surface area contributed by atoms with Gasteiger partial charge in [0.2, 0.25) is 17.7 Å². The first-order chi connectivity index (χ1) is 18.8. The van der Waals surface area contributed by atoms with E-state index >= 15 is 0 Å². The summed E-state index contributed by atoms with van der Waals surface area (Å²) in [6.45, 7) is 0. The molecule has 0 saturated carbocycles. The Labute approximate surface area is 225 Å². The van der Waals surface area contributed by atoms with E-state index in [2.05, 4.69) is 16.0 Å². The largest absolute Gasteiger partial charge is 0.467 e. The van der Waals surface area contributed by atoms with Crippen LogP contribution in [0.2, 0.25) is 0 Å². The van der Waals surface area contributed by atoms with Gasteiger partial charge in [-0.1, -0.05) is 84.9 Å². The van der Waals surface area contributed by atoms with E-state index in [4.69, 9.17) is 4.74 Å². The maximum Gasteiger partial charge on any atom is 0.328 e. The summed E-state index contributed by atoms with van der Waals surface area (Å²) in [7, 11) is 1.21. The van der Waals surface area contributed by atoms with Crippen molar-refractivity contribution in [2.24, 2.45) is 0 Å². The fourth-order valence-corrected chi connectivity index (χ4v) is 4.37. The molecule has 3 aromatic rings. The molecule has 9 nitrogen and oxygen atoms in total. The molecule has 1 fully saturated rings. The number of esters is 1. The van der Waals surface area contributed by atoms with Gasteiger partial charge in [-0.15, -0.1) is 0 Å². The highest BCUT2D eigenvalue weighted by Crippen LogP contribution is 2.14. The normalized spacial score (nSPS) is 17.4. The molecule has 3 atom stereocenters. The molecule has 1 aliphatic rings. The van der Waals surface area contributed by atoms with Crippen LogP contribution in [0.15, 0.2) is 84.9 Å². The summed E-state index contributed by atoms with van der Waals surface area (Å²) in [6, 6.07) is 22.1. The lowest BCUT2D eigenvalue weighted by Crippen LogP contribution is -2.63. The number of carbonyl (C=O) groups is 5. The quantitative estimate of drug-likeness (QED) is 0.272. The van der Waals surface area contributed by atoms with Gasteiger partial charge in [0.15, 0.2) is 5.78 Å². The summed E-state index contributed by atoms with van der Waals surface area (Å²) >= 11 is 0. The molecule has 0 bridgehead atoms. The number of ketones is 1. The zero-order chi connectivity index (χ0) is 27.8. The highest BCUT2D eigenvalue weighted by atomic mass is 16.5. The molecule has 0 radical (unpaired) electrons. The Bertz CT molecular complexity index is 1340. The smallest absolute Gasteiger partial charge is 0.328 e. The summed E-state index contributed by atoms with van der Waals surface area (Å²) in [5.74, 6) is -2.24. The lowest BCUT2D eigenvalue weighted by Gasteiger charge is -2.29. The van der Waals surface area contributed by atoms with Crippen LogP contribution in [-0.4, -0.2) is 54.7 Å². The minimum absolute atomic E-state index is 0.112. The van der Waals surface area contributed by atoms with Gasteiger partial charge in [0.05, 0.1) is 13.5 Å². The molecule has 3 aromatic carbocycles. The van der Waals surface area contributed by atoms with Crippen LogP contribution in [0.3, 0.4) is 0 Å². The molecule has 1 saturated heterocycles. The second-order valence-corrected chi connectivity index (χ2v) is 9.26. The third kappa shape index (κ3) is 7.16. The van der Waals surface area contributed by atoms with Gasteiger partial charge in [-0.05, 0) is 11.1 Å². The fourth-order valence-electron chi connectivity index (χ4n) is 4.37. The van der Waals surface area contributed by atoms with E-state index in [9.17, 15) is 24.0 Å². The molecule has 0 spiro atoms. The van der Waals surface area contributed by atoms with Gasteiger partial charge in [-0.25, -0.2) is 4.79 Å². The van der Waals surface area contributed by atoms with Crippen LogP contribution in [-0.2, 0) is 36.8 Å². The maximum absolute atomic E-state index is 12.8. The number of carbonyl (C=O) groups excluding carboxylic acids is 5. The molecule has 0 aliphatic carbocycles. The second-order valence-electron chi connectivity index (χ2n) is 9.26. The van der Waals surface area contributed by atoms with Crippen LogP contribution in [0.1, 0.15) is 33.5 Å². The van der Waals surface area contributed by atoms with E-state index in [1.807, 2.05) is 36.4 Å². The van der Waals surface area contributed by atoms with Crippen molar-refractivity contribution in [3.63, 3.8) is 0 Å². The molecular weight excluding hydrogens is 498 g/mol. The Hall–Kier alpha value is -4.79. The molecule has 9 heteroatoms. The van der Waals surface area contributed by atoms with Gasteiger partial charge in [0.25, 0.3) is 0 Å². The number of piperazine rings is 1. The molecule has 1 aliphatic heterocycles. The number of rotatable bonds is 10. The monoisotopic (exact) mass is 527 g/mol. The van der Waals surface area contributed by atoms with Crippen LogP contribution in [0.4, 0.5) is 0 Å². The van der Waals surface area contributed by atoms with Crippen molar-refractivity contribution < 1.29 is 28.7 Å². The molecule has 4 rings (SSSR count). The Morgan fingerprint density at radius 2 is 1.33 bits per heavy atom. The number of hydrogen-bond acceptors (Lipinski definition) is 6. The van der Waals surface area contributed by atoms with Gasteiger partial charge in [0, 0.05) is 24.0 Å². The lowest BCUT2D eigenvalue weighted by atomic mass is 9.99. The maximum atomic E-state index is 12.8. The highest BCUT2D eigenvalue weighted by Gasteiger charge is 2.35. The number of hydrogen-bond donors (Lipinski definition) is 3. The van der Waals surface area contributed by atoms with Crippen molar-refractivity contribution >= 4 is 29.5 Å². The minimum atomic E-state index is -1.06. The van der Waals surface area contributed by atoms with Gasteiger partial charge in [-0.3, -0.25) is 19.2 Å². The molecule has 200 valence electrons. The summed E-state index contributed by atoms with van der Waals surface area (Å²) < 4.78 is 4.85. The molecular formula is C30H29N3O6. The van der Waals surface area contributed by atoms with Crippen molar-refractivity contribution in [1.29, 1.82) is 0 Å². The lowest BCUT2D eigenvalue weighted by molar-refractivity contribution is -0.145. The van der Waals surface area contributed by atoms with Gasteiger partial charge in [0.1, 0.15) is 18.1 Å². The first kappa shape index (κ1) is 27.3. The standard InChI is InChI=1S/C30H29N3O6/c1-39-30(38)25(17-20-12-14-22(15-13-20)27(35)21-10-6-3-7-11-21)31-26(34)18-24-29(37)32-23(28(36)33-24)16-19-8-4-2-5-9-19/h2-15,23-25H,16-18H2,1H3,(H,31,34)(H,32,37)(H,33,36)/t23-,24-,25+/m0/s1. The van der Waals surface area contributed by atoms with Crippen molar-refractivity contribution in [1.82, 2.24) is 16.0 Å². The predicted octanol–water partition coefficient (Wildman–Crippen LogP) is 1.73. The predicted molar refractivity (Wildman–Crippen MR) is 143 cm³/mol. The number of benzene rings is 3. The molecule has 1 heterocycles. The number of ether oxygens (including phenoxy) is 1. The summed E-state index contributed by atoms with van der Waals surface area (Å²) in [5.41, 5.74) is 2.65. The SMILES string of the molecule is COC(=O)[C@@H](Cc1ccc(C(=O)c2ccccc2)cc1)NC(=O)C[C@@H]1NC(=O)[C@H](Cc2ccccc2)NC1=O. The fraction of sp³-hybridized carbons (Fsp3) is 0.233. The van der Waals surface area contributed by atoms with Crippen LogP contribution < -0.4 is 16.0 Å². The van der Waals surface area contributed by atoms with Crippen LogP contribution in [0.5, 0.6) is 0 Å². The van der Waals surface area contributed by atoms with Crippen LogP contribution in [0, 0.1) is 0 Å².